The van der Waals surface area contributed by atoms with E-state index in [2.05, 4.69) is 41.7 Å². The molecule has 7 heteroatoms. The van der Waals surface area contributed by atoms with Gasteiger partial charge in [-0.1, -0.05) is 17.7 Å². The van der Waals surface area contributed by atoms with E-state index in [1.807, 2.05) is 0 Å². The number of anilines is 1. The molecule has 1 N–H and O–H groups in total. The molecule has 0 spiro atoms. The maximum absolute atomic E-state index is 12.3. The number of nitrogens with one attached hydrogen (secondary N) is 1. The van der Waals surface area contributed by atoms with Crippen molar-refractivity contribution in [2.24, 2.45) is 5.92 Å². The van der Waals surface area contributed by atoms with Crippen LogP contribution in [0.4, 0.5) is 5.69 Å². The van der Waals surface area contributed by atoms with E-state index in [-0.39, 0.29) is 4.21 Å². The summed E-state index contributed by atoms with van der Waals surface area (Å²) in [4.78, 5) is 2.33. The van der Waals surface area contributed by atoms with Crippen LogP contribution in [-0.2, 0) is 10.0 Å². The van der Waals surface area contributed by atoms with Crippen molar-refractivity contribution in [2.75, 3.05) is 24.5 Å². The van der Waals surface area contributed by atoms with Crippen LogP contribution >= 0.6 is 22.9 Å². The number of rotatable bonds is 5. The lowest BCUT2D eigenvalue weighted by Crippen LogP contribution is -2.30. The fraction of sp³-hybridized carbons (Fsp3) is 0.412. The van der Waals surface area contributed by atoms with Gasteiger partial charge in [0.25, 0.3) is 0 Å². The minimum absolute atomic E-state index is 0.275. The summed E-state index contributed by atoms with van der Waals surface area (Å²) in [5.41, 5.74) is 3.79. The first kappa shape index (κ1) is 17.7. The standard InChI is InChI=1S/C17H21ClN2O2S2/c1-12-3-4-15(9-13(12)2)20-8-7-14(11-20)10-19-24(21,22)17-6-5-16(18)23-17/h3-6,9,14,19H,7-8,10-11H2,1-2H3. The topological polar surface area (TPSA) is 49.4 Å². The lowest BCUT2D eigenvalue weighted by Gasteiger charge is -2.20. The van der Waals surface area contributed by atoms with E-state index in [0.29, 0.717) is 16.8 Å². The first-order valence-corrected chi connectivity index (χ1v) is 10.6. The zero-order chi connectivity index (χ0) is 17.3. The Kier molecular flexibility index (Phi) is 5.20. The Bertz CT molecular complexity index is 833. The van der Waals surface area contributed by atoms with Crippen LogP contribution < -0.4 is 9.62 Å². The van der Waals surface area contributed by atoms with Crippen LogP contribution in [0.2, 0.25) is 4.34 Å². The smallest absolute Gasteiger partial charge is 0.250 e. The third kappa shape index (κ3) is 3.94. The molecule has 2 aromatic rings. The van der Waals surface area contributed by atoms with Crippen molar-refractivity contribution in [3.05, 3.63) is 45.8 Å². The highest BCUT2D eigenvalue weighted by Gasteiger charge is 2.25. The number of benzene rings is 1. The molecule has 1 aliphatic rings. The molecule has 3 rings (SSSR count). The number of hydrogen-bond donors (Lipinski definition) is 1. The van der Waals surface area contributed by atoms with Crippen LogP contribution in [0.5, 0.6) is 0 Å². The normalized spacial score (nSPS) is 18.3. The summed E-state index contributed by atoms with van der Waals surface area (Å²) >= 11 is 6.91. The van der Waals surface area contributed by atoms with Gasteiger partial charge in [0.2, 0.25) is 10.0 Å². The van der Waals surface area contributed by atoms with E-state index in [9.17, 15) is 8.42 Å². The molecule has 4 nitrogen and oxygen atoms in total. The summed E-state index contributed by atoms with van der Waals surface area (Å²) in [5.74, 6) is 0.316. The first-order valence-electron chi connectivity index (χ1n) is 7.92. The molecule has 0 amide bonds. The fourth-order valence-corrected chi connectivity index (χ4v) is 5.54. The van der Waals surface area contributed by atoms with E-state index < -0.39 is 10.0 Å². The van der Waals surface area contributed by atoms with Crippen molar-refractivity contribution in [3.8, 4) is 0 Å². The van der Waals surface area contributed by atoms with Gasteiger partial charge >= 0.3 is 0 Å². The second kappa shape index (κ2) is 7.04. The Morgan fingerprint density at radius 1 is 1.25 bits per heavy atom. The summed E-state index contributed by atoms with van der Waals surface area (Å²) in [6.07, 6.45) is 0.987. The summed E-state index contributed by atoms with van der Waals surface area (Å²) in [5, 5.41) is 0. The summed E-state index contributed by atoms with van der Waals surface area (Å²) in [7, 11) is -3.46. The van der Waals surface area contributed by atoms with Gasteiger partial charge < -0.3 is 4.90 Å². The molecule has 130 valence electrons. The van der Waals surface area contributed by atoms with Gasteiger partial charge in [0.15, 0.2) is 0 Å². The Hall–Kier alpha value is -1.08. The van der Waals surface area contributed by atoms with Gasteiger partial charge in [0.05, 0.1) is 4.34 Å². The van der Waals surface area contributed by atoms with Crippen molar-refractivity contribution < 1.29 is 8.42 Å². The number of sulfonamides is 1. The van der Waals surface area contributed by atoms with E-state index in [1.54, 1.807) is 12.1 Å². The van der Waals surface area contributed by atoms with Crippen LogP contribution in [0.25, 0.3) is 0 Å². The maximum Gasteiger partial charge on any atom is 0.250 e. The second-order valence-corrected chi connectivity index (χ2v) is 9.99. The minimum atomic E-state index is -3.46. The summed E-state index contributed by atoms with van der Waals surface area (Å²) in [6, 6.07) is 9.64. The van der Waals surface area contributed by atoms with Crippen molar-refractivity contribution in [2.45, 2.75) is 24.5 Å². The molecular weight excluding hydrogens is 364 g/mol. The molecular formula is C17H21ClN2O2S2. The number of hydrogen-bond acceptors (Lipinski definition) is 4. The largest absolute Gasteiger partial charge is 0.371 e. The molecule has 1 aromatic carbocycles. The number of aryl methyl sites for hydroxylation is 2. The van der Waals surface area contributed by atoms with Gasteiger partial charge in [0.1, 0.15) is 4.21 Å². The molecule has 1 unspecified atom stereocenters. The van der Waals surface area contributed by atoms with Gasteiger partial charge in [0, 0.05) is 25.3 Å². The molecule has 1 atom stereocenters. The van der Waals surface area contributed by atoms with Crippen molar-refractivity contribution in [1.82, 2.24) is 4.72 Å². The van der Waals surface area contributed by atoms with Gasteiger partial charge in [-0.15, -0.1) is 11.3 Å². The molecule has 2 heterocycles. The molecule has 1 saturated heterocycles. The Morgan fingerprint density at radius 2 is 2.04 bits per heavy atom. The fourth-order valence-electron chi connectivity index (χ4n) is 2.90. The molecule has 0 aliphatic carbocycles. The highest BCUT2D eigenvalue weighted by Crippen LogP contribution is 2.27. The zero-order valence-corrected chi connectivity index (χ0v) is 16.1. The Balaban J connectivity index is 1.59. The molecule has 0 radical (unpaired) electrons. The molecule has 24 heavy (non-hydrogen) atoms. The van der Waals surface area contributed by atoms with Crippen LogP contribution in [-0.4, -0.2) is 28.1 Å². The number of thiophene rings is 1. The lowest BCUT2D eigenvalue weighted by atomic mass is 10.1. The molecule has 0 saturated carbocycles. The van der Waals surface area contributed by atoms with Gasteiger partial charge in [-0.25, -0.2) is 13.1 Å². The van der Waals surface area contributed by atoms with Crippen LogP contribution in [0.1, 0.15) is 17.5 Å². The quantitative estimate of drug-likeness (QED) is 0.852. The zero-order valence-electron chi connectivity index (χ0n) is 13.8. The average molecular weight is 385 g/mol. The summed E-state index contributed by atoms with van der Waals surface area (Å²) in [6.45, 7) is 6.51. The predicted molar refractivity (Wildman–Crippen MR) is 101 cm³/mol. The van der Waals surface area contributed by atoms with Crippen LogP contribution in [0.3, 0.4) is 0 Å². The SMILES string of the molecule is Cc1ccc(N2CCC(CNS(=O)(=O)c3ccc(Cl)s3)C2)cc1C. The van der Waals surface area contributed by atoms with Gasteiger partial charge in [-0.05, 0) is 61.6 Å². The predicted octanol–water partition coefficient (Wildman–Crippen LogP) is 3.82. The third-order valence-corrected chi connectivity index (χ3v) is 7.66. The Labute approximate surface area is 152 Å². The van der Waals surface area contributed by atoms with E-state index in [0.717, 1.165) is 30.8 Å². The van der Waals surface area contributed by atoms with Crippen molar-refractivity contribution >= 4 is 38.6 Å². The van der Waals surface area contributed by atoms with Crippen LogP contribution in [0.15, 0.2) is 34.5 Å². The van der Waals surface area contributed by atoms with Gasteiger partial charge in [-0.3, -0.25) is 0 Å². The van der Waals surface area contributed by atoms with E-state index in [1.165, 1.54) is 16.8 Å². The first-order chi connectivity index (χ1) is 11.3. The molecule has 0 bridgehead atoms. The average Bonchev–Trinajstić information content (AvgIpc) is 3.17. The monoisotopic (exact) mass is 384 g/mol. The number of nitrogens with zero attached hydrogens (tertiary/aromatic N) is 1. The van der Waals surface area contributed by atoms with E-state index >= 15 is 0 Å². The molecule has 1 fully saturated rings. The second-order valence-electron chi connectivity index (χ2n) is 6.28. The molecule has 1 aromatic heterocycles. The minimum Gasteiger partial charge on any atom is -0.371 e. The Morgan fingerprint density at radius 3 is 2.71 bits per heavy atom. The van der Waals surface area contributed by atoms with Crippen molar-refractivity contribution in [3.63, 3.8) is 0 Å². The molecule has 1 aliphatic heterocycles. The van der Waals surface area contributed by atoms with Gasteiger partial charge in [-0.2, -0.15) is 0 Å². The summed E-state index contributed by atoms with van der Waals surface area (Å²) < 4.78 is 28.0. The highest BCUT2D eigenvalue weighted by atomic mass is 35.5. The van der Waals surface area contributed by atoms with Crippen LogP contribution in [0, 0.1) is 19.8 Å². The van der Waals surface area contributed by atoms with Crippen molar-refractivity contribution in [1.29, 1.82) is 0 Å². The maximum atomic E-state index is 12.3. The third-order valence-electron chi connectivity index (χ3n) is 4.52. The van der Waals surface area contributed by atoms with E-state index in [4.69, 9.17) is 11.6 Å². The number of halogens is 1. The highest BCUT2D eigenvalue weighted by molar-refractivity contribution is 7.91. The lowest BCUT2D eigenvalue weighted by molar-refractivity contribution is 0.543.